The van der Waals surface area contributed by atoms with E-state index in [0.29, 0.717) is 11.3 Å². The second-order valence-electron chi connectivity index (χ2n) is 4.58. The highest BCUT2D eigenvalue weighted by molar-refractivity contribution is 7.11. The molecule has 2 aromatic rings. The largest absolute Gasteiger partial charge is 0.399 e. The van der Waals surface area contributed by atoms with E-state index in [-0.39, 0.29) is 36.8 Å². The number of nitrogen functional groups attached to an aromatic ring is 1. The molecule has 1 atom stereocenters. The van der Waals surface area contributed by atoms with Crippen molar-refractivity contribution in [2.24, 2.45) is 0 Å². The van der Waals surface area contributed by atoms with Gasteiger partial charge >= 0.3 is 0 Å². The Balaban J connectivity index is 0.00000200. The SMILES string of the molecule is Cc1cnc(C(C)NC(=O)c2cc(N)ccc2C)s1.Cl.Cl. The van der Waals surface area contributed by atoms with Crippen LogP contribution in [0.3, 0.4) is 0 Å². The number of hydrogen-bond acceptors (Lipinski definition) is 4. The lowest BCUT2D eigenvalue weighted by molar-refractivity contribution is 0.0939. The summed E-state index contributed by atoms with van der Waals surface area (Å²) in [5.41, 5.74) is 7.83. The Bertz CT molecular complexity index is 616. The molecule has 0 aliphatic heterocycles. The van der Waals surface area contributed by atoms with Crippen molar-refractivity contribution in [3.8, 4) is 0 Å². The molecule has 0 saturated heterocycles. The molecule has 0 bridgehead atoms. The van der Waals surface area contributed by atoms with Crippen LogP contribution in [-0.4, -0.2) is 10.9 Å². The monoisotopic (exact) mass is 347 g/mol. The highest BCUT2D eigenvalue weighted by Gasteiger charge is 2.15. The van der Waals surface area contributed by atoms with Gasteiger partial charge in [-0.25, -0.2) is 4.98 Å². The van der Waals surface area contributed by atoms with Gasteiger partial charge in [-0.05, 0) is 38.5 Å². The Hall–Kier alpha value is -1.30. The van der Waals surface area contributed by atoms with Crippen LogP contribution in [0.1, 0.15) is 38.8 Å². The Morgan fingerprint density at radius 2 is 2.00 bits per heavy atom. The van der Waals surface area contributed by atoms with Crippen LogP contribution >= 0.6 is 36.2 Å². The van der Waals surface area contributed by atoms with Gasteiger partial charge in [0.1, 0.15) is 5.01 Å². The number of benzene rings is 1. The van der Waals surface area contributed by atoms with E-state index in [1.165, 1.54) is 0 Å². The molecule has 1 aromatic heterocycles. The molecule has 0 saturated carbocycles. The highest BCUT2D eigenvalue weighted by Crippen LogP contribution is 2.20. The fourth-order valence-corrected chi connectivity index (χ4v) is 2.57. The zero-order chi connectivity index (χ0) is 14.0. The molecule has 0 fully saturated rings. The third kappa shape index (κ3) is 4.88. The first-order chi connectivity index (χ1) is 8.97. The number of nitrogens with two attached hydrogens (primary N) is 1. The van der Waals surface area contributed by atoms with Crippen LogP contribution < -0.4 is 11.1 Å². The first-order valence-corrected chi connectivity index (χ1v) is 6.88. The van der Waals surface area contributed by atoms with Crippen LogP contribution in [0.5, 0.6) is 0 Å². The predicted molar refractivity (Wildman–Crippen MR) is 92.8 cm³/mol. The Kier molecular flexibility index (Phi) is 7.71. The summed E-state index contributed by atoms with van der Waals surface area (Å²) in [5, 5.41) is 3.86. The number of rotatable bonds is 3. The average Bonchev–Trinajstić information content (AvgIpc) is 2.79. The summed E-state index contributed by atoms with van der Waals surface area (Å²) >= 11 is 1.59. The molecule has 0 spiro atoms. The number of thiazole rings is 1. The fraction of sp³-hybridized carbons (Fsp3) is 0.286. The molecule has 1 amide bonds. The van der Waals surface area contributed by atoms with Crippen molar-refractivity contribution in [2.45, 2.75) is 26.8 Å². The molecule has 2 rings (SSSR count). The van der Waals surface area contributed by atoms with Crippen molar-refractivity contribution in [2.75, 3.05) is 5.73 Å². The number of nitrogens with zero attached hydrogens (tertiary/aromatic N) is 1. The van der Waals surface area contributed by atoms with Crippen molar-refractivity contribution < 1.29 is 4.79 Å². The summed E-state index contributed by atoms with van der Waals surface area (Å²) in [6.45, 7) is 5.82. The quantitative estimate of drug-likeness (QED) is 0.832. The third-order valence-electron chi connectivity index (χ3n) is 2.86. The van der Waals surface area contributed by atoms with Crippen molar-refractivity contribution >= 4 is 47.7 Å². The van der Waals surface area contributed by atoms with Gasteiger partial charge in [-0.1, -0.05) is 6.07 Å². The molecule has 7 heteroatoms. The molecule has 21 heavy (non-hydrogen) atoms. The van der Waals surface area contributed by atoms with E-state index in [4.69, 9.17) is 5.73 Å². The van der Waals surface area contributed by atoms with Crippen LogP contribution in [0, 0.1) is 13.8 Å². The number of aryl methyl sites for hydroxylation is 2. The summed E-state index contributed by atoms with van der Waals surface area (Å²) in [4.78, 5) is 17.6. The summed E-state index contributed by atoms with van der Waals surface area (Å²) in [6.07, 6.45) is 1.81. The number of halogens is 2. The first kappa shape index (κ1) is 19.7. The van der Waals surface area contributed by atoms with E-state index >= 15 is 0 Å². The number of anilines is 1. The van der Waals surface area contributed by atoms with Gasteiger partial charge in [0.25, 0.3) is 5.91 Å². The number of nitrogens with one attached hydrogen (secondary N) is 1. The maximum Gasteiger partial charge on any atom is 0.252 e. The third-order valence-corrected chi connectivity index (χ3v) is 3.96. The van der Waals surface area contributed by atoms with Gasteiger partial charge in [0, 0.05) is 22.3 Å². The van der Waals surface area contributed by atoms with Crippen LogP contribution in [0.2, 0.25) is 0 Å². The minimum Gasteiger partial charge on any atom is -0.399 e. The minimum absolute atomic E-state index is 0. The van der Waals surface area contributed by atoms with Gasteiger partial charge in [0.05, 0.1) is 6.04 Å². The Morgan fingerprint density at radius 3 is 2.57 bits per heavy atom. The molecular formula is C14H19Cl2N3OS. The molecular weight excluding hydrogens is 329 g/mol. The zero-order valence-electron chi connectivity index (χ0n) is 12.0. The van der Waals surface area contributed by atoms with E-state index in [9.17, 15) is 4.79 Å². The van der Waals surface area contributed by atoms with Gasteiger partial charge in [-0.15, -0.1) is 36.2 Å². The Morgan fingerprint density at radius 1 is 1.33 bits per heavy atom. The second-order valence-corrected chi connectivity index (χ2v) is 5.85. The fourth-order valence-electron chi connectivity index (χ4n) is 1.79. The molecule has 3 N–H and O–H groups in total. The summed E-state index contributed by atoms with van der Waals surface area (Å²) < 4.78 is 0. The number of carbonyl (C=O) groups excluding carboxylic acids is 1. The number of aromatic nitrogens is 1. The minimum atomic E-state index is -0.120. The number of carbonyl (C=O) groups is 1. The molecule has 1 unspecified atom stereocenters. The lowest BCUT2D eigenvalue weighted by Crippen LogP contribution is -2.27. The number of hydrogen-bond donors (Lipinski definition) is 2. The number of amides is 1. The van der Waals surface area contributed by atoms with Crippen LogP contribution in [0.25, 0.3) is 0 Å². The van der Waals surface area contributed by atoms with Gasteiger partial charge in [-0.2, -0.15) is 0 Å². The van der Waals surface area contributed by atoms with Gasteiger partial charge in [0.2, 0.25) is 0 Å². The molecule has 0 radical (unpaired) electrons. The van der Waals surface area contributed by atoms with E-state index in [1.54, 1.807) is 23.5 Å². The molecule has 1 aromatic carbocycles. The van der Waals surface area contributed by atoms with Crippen molar-refractivity contribution in [3.05, 3.63) is 45.4 Å². The zero-order valence-corrected chi connectivity index (χ0v) is 14.5. The smallest absolute Gasteiger partial charge is 0.252 e. The van der Waals surface area contributed by atoms with Crippen molar-refractivity contribution in [1.29, 1.82) is 0 Å². The maximum atomic E-state index is 12.2. The lowest BCUT2D eigenvalue weighted by atomic mass is 10.1. The van der Waals surface area contributed by atoms with E-state index < -0.39 is 0 Å². The topological polar surface area (TPSA) is 68.0 Å². The summed E-state index contributed by atoms with van der Waals surface area (Å²) in [5.74, 6) is -0.120. The average molecular weight is 348 g/mol. The van der Waals surface area contributed by atoms with E-state index in [1.807, 2.05) is 33.0 Å². The normalized spacial score (nSPS) is 11.0. The summed E-state index contributed by atoms with van der Waals surface area (Å²) in [7, 11) is 0. The van der Waals surface area contributed by atoms with Crippen LogP contribution in [-0.2, 0) is 0 Å². The van der Waals surface area contributed by atoms with Gasteiger partial charge in [-0.3, -0.25) is 4.79 Å². The van der Waals surface area contributed by atoms with E-state index in [0.717, 1.165) is 15.4 Å². The molecule has 0 aliphatic rings. The molecule has 116 valence electrons. The molecule has 0 aliphatic carbocycles. The predicted octanol–water partition coefficient (Wildman–Crippen LogP) is 3.68. The summed E-state index contributed by atoms with van der Waals surface area (Å²) in [6, 6.07) is 5.24. The standard InChI is InChI=1S/C14H17N3OS.2ClH/c1-8-4-5-11(15)6-12(8)13(18)17-10(3)14-16-7-9(2)19-14;;/h4-7,10H,15H2,1-3H3,(H,17,18);2*1H. The van der Waals surface area contributed by atoms with Crippen LogP contribution in [0.15, 0.2) is 24.4 Å². The lowest BCUT2D eigenvalue weighted by Gasteiger charge is -2.13. The van der Waals surface area contributed by atoms with Crippen molar-refractivity contribution in [1.82, 2.24) is 10.3 Å². The molecule has 4 nitrogen and oxygen atoms in total. The van der Waals surface area contributed by atoms with Gasteiger partial charge in [0.15, 0.2) is 0 Å². The van der Waals surface area contributed by atoms with Gasteiger partial charge < -0.3 is 11.1 Å². The first-order valence-electron chi connectivity index (χ1n) is 6.06. The maximum absolute atomic E-state index is 12.2. The van der Waals surface area contributed by atoms with E-state index in [2.05, 4.69) is 10.3 Å². The molecule has 1 heterocycles. The Labute approximate surface area is 141 Å². The highest BCUT2D eigenvalue weighted by atomic mass is 35.5. The van der Waals surface area contributed by atoms with Crippen molar-refractivity contribution in [3.63, 3.8) is 0 Å². The van der Waals surface area contributed by atoms with Crippen LogP contribution in [0.4, 0.5) is 5.69 Å². The second kappa shape index (κ2) is 8.22.